The summed E-state index contributed by atoms with van der Waals surface area (Å²) in [6.45, 7) is 4.04. The molecule has 0 spiro atoms. The summed E-state index contributed by atoms with van der Waals surface area (Å²) in [5.74, 6) is 0.0449. The Balaban J connectivity index is 1.73. The molecule has 0 aliphatic heterocycles. The monoisotopic (exact) mass is 372 g/mol. The fourth-order valence-electron chi connectivity index (χ4n) is 2.23. The van der Waals surface area contributed by atoms with Crippen LogP contribution in [0.25, 0.3) is 0 Å². The lowest BCUT2D eigenvalue weighted by Gasteiger charge is -2.09. The van der Waals surface area contributed by atoms with Crippen molar-refractivity contribution in [1.29, 1.82) is 0 Å². The zero-order valence-electron chi connectivity index (χ0n) is 14.2. The Morgan fingerprint density at radius 3 is 2.12 bits per heavy atom. The molecule has 1 heterocycles. The van der Waals surface area contributed by atoms with Crippen molar-refractivity contribution in [3.05, 3.63) is 71.5 Å². The van der Waals surface area contributed by atoms with Crippen LogP contribution >= 0.6 is 0 Å². The third-order valence-corrected chi connectivity index (χ3v) is 5.18. The van der Waals surface area contributed by atoms with Crippen molar-refractivity contribution in [3.8, 4) is 0 Å². The normalized spacial score (nSPS) is 11.2. The van der Waals surface area contributed by atoms with Gasteiger partial charge in [-0.3, -0.25) is 4.72 Å². The van der Waals surface area contributed by atoms with E-state index in [1.54, 1.807) is 6.07 Å². The minimum absolute atomic E-state index is 0.0574. The molecule has 3 rings (SSSR count). The predicted octanol–water partition coefficient (Wildman–Crippen LogP) is 3.78. The summed E-state index contributed by atoms with van der Waals surface area (Å²) in [6, 6.07) is 13.5. The van der Waals surface area contributed by atoms with Gasteiger partial charge in [-0.25, -0.2) is 12.8 Å². The van der Waals surface area contributed by atoms with Crippen molar-refractivity contribution in [2.75, 3.05) is 10.0 Å². The van der Waals surface area contributed by atoms with E-state index in [-0.39, 0.29) is 10.7 Å². The molecule has 0 amide bonds. The van der Waals surface area contributed by atoms with Crippen LogP contribution in [0, 0.1) is 19.7 Å². The van der Waals surface area contributed by atoms with E-state index in [0.717, 1.165) is 23.4 Å². The molecule has 2 N–H and O–H groups in total. The van der Waals surface area contributed by atoms with Crippen molar-refractivity contribution < 1.29 is 12.8 Å². The van der Waals surface area contributed by atoms with Gasteiger partial charge in [0.1, 0.15) is 5.82 Å². The molecule has 0 radical (unpaired) electrons. The van der Waals surface area contributed by atoms with E-state index in [1.807, 2.05) is 32.0 Å². The van der Waals surface area contributed by atoms with E-state index in [1.165, 1.54) is 23.8 Å². The van der Waals surface area contributed by atoms with Crippen LogP contribution in [0.15, 0.2) is 59.5 Å². The lowest BCUT2D eigenvalue weighted by molar-refractivity contribution is 0.599. The second-order valence-corrected chi connectivity index (χ2v) is 7.47. The van der Waals surface area contributed by atoms with Gasteiger partial charge in [0.15, 0.2) is 11.6 Å². The van der Waals surface area contributed by atoms with Gasteiger partial charge in [-0.05, 0) is 73.5 Å². The van der Waals surface area contributed by atoms with Crippen molar-refractivity contribution in [3.63, 3.8) is 0 Å². The number of benzene rings is 2. The highest BCUT2D eigenvalue weighted by Gasteiger charge is 2.15. The average molecular weight is 372 g/mol. The van der Waals surface area contributed by atoms with Crippen molar-refractivity contribution in [2.24, 2.45) is 0 Å². The Kier molecular flexibility index (Phi) is 4.85. The summed E-state index contributed by atoms with van der Waals surface area (Å²) in [5.41, 5.74) is 3.20. The van der Waals surface area contributed by atoms with E-state index in [9.17, 15) is 12.8 Å². The summed E-state index contributed by atoms with van der Waals surface area (Å²) in [5, 5.41) is 10.9. The van der Waals surface area contributed by atoms with Gasteiger partial charge in [-0.15, -0.1) is 10.2 Å². The molecule has 3 aromatic rings. The maximum Gasteiger partial charge on any atom is 0.263 e. The van der Waals surface area contributed by atoms with E-state index < -0.39 is 15.8 Å². The van der Waals surface area contributed by atoms with Gasteiger partial charge < -0.3 is 5.32 Å². The number of aromatic nitrogens is 2. The summed E-state index contributed by atoms with van der Waals surface area (Å²) in [4.78, 5) is -0.0574. The minimum Gasteiger partial charge on any atom is -0.339 e. The van der Waals surface area contributed by atoms with E-state index in [0.29, 0.717) is 5.82 Å². The molecule has 134 valence electrons. The summed E-state index contributed by atoms with van der Waals surface area (Å²) in [6.07, 6.45) is 0. The lowest BCUT2D eigenvalue weighted by Crippen LogP contribution is -2.14. The van der Waals surface area contributed by atoms with Crippen LogP contribution in [0.5, 0.6) is 0 Å². The zero-order chi connectivity index (χ0) is 18.7. The van der Waals surface area contributed by atoms with Gasteiger partial charge in [0, 0.05) is 5.69 Å². The molecule has 26 heavy (non-hydrogen) atoms. The molecule has 0 aliphatic rings. The highest BCUT2D eigenvalue weighted by molar-refractivity contribution is 7.92. The molecule has 6 nitrogen and oxygen atoms in total. The van der Waals surface area contributed by atoms with Crippen LogP contribution in [0.1, 0.15) is 11.1 Å². The van der Waals surface area contributed by atoms with E-state index >= 15 is 0 Å². The maximum absolute atomic E-state index is 12.9. The fourth-order valence-corrected chi connectivity index (χ4v) is 3.23. The number of rotatable bonds is 5. The number of aryl methyl sites for hydroxylation is 2. The number of anilines is 3. The number of hydrogen-bond acceptors (Lipinski definition) is 5. The first-order chi connectivity index (χ1) is 12.3. The highest BCUT2D eigenvalue weighted by Crippen LogP contribution is 2.19. The van der Waals surface area contributed by atoms with E-state index in [4.69, 9.17) is 0 Å². The molecular formula is C18H17FN4O2S. The smallest absolute Gasteiger partial charge is 0.263 e. The Morgan fingerprint density at radius 2 is 1.50 bits per heavy atom. The van der Waals surface area contributed by atoms with Gasteiger partial charge in [0.2, 0.25) is 0 Å². The topological polar surface area (TPSA) is 84.0 Å². The average Bonchev–Trinajstić information content (AvgIpc) is 2.60. The Labute approximate surface area is 151 Å². The first-order valence-electron chi connectivity index (χ1n) is 7.80. The molecule has 0 bridgehead atoms. The summed E-state index contributed by atoms with van der Waals surface area (Å²) >= 11 is 0. The zero-order valence-corrected chi connectivity index (χ0v) is 15.0. The minimum atomic E-state index is -3.85. The third-order valence-electron chi connectivity index (χ3n) is 3.81. The third kappa shape index (κ3) is 4.15. The molecule has 0 unspecified atom stereocenters. The lowest BCUT2D eigenvalue weighted by atomic mass is 10.1. The number of halogens is 1. The molecule has 0 saturated carbocycles. The second-order valence-electron chi connectivity index (χ2n) is 5.79. The molecule has 1 aromatic heterocycles. The number of hydrogen-bond donors (Lipinski definition) is 2. The first-order valence-corrected chi connectivity index (χ1v) is 9.28. The molecule has 0 aliphatic carbocycles. The van der Waals surface area contributed by atoms with Gasteiger partial charge in [-0.1, -0.05) is 6.07 Å². The largest absolute Gasteiger partial charge is 0.339 e. The molecule has 0 saturated heterocycles. The van der Waals surface area contributed by atoms with Crippen LogP contribution in [0.3, 0.4) is 0 Å². The van der Waals surface area contributed by atoms with Gasteiger partial charge in [0.25, 0.3) is 10.0 Å². The molecule has 0 fully saturated rings. The SMILES string of the molecule is Cc1ccc(Nc2ccc(NS(=O)(=O)c3ccc(F)cc3)nn2)cc1C. The molecule has 8 heteroatoms. The summed E-state index contributed by atoms with van der Waals surface area (Å²) < 4.78 is 39.7. The molecule has 2 aromatic carbocycles. The quantitative estimate of drug-likeness (QED) is 0.712. The predicted molar refractivity (Wildman–Crippen MR) is 98.4 cm³/mol. The van der Waals surface area contributed by atoms with Gasteiger partial charge in [-0.2, -0.15) is 0 Å². The van der Waals surface area contributed by atoms with Crippen LogP contribution in [0.2, 0.25) is 0 Å². The second kappa shape index (κ2) is 7.09. The fraction of sp³-hybridized carbons (Fsp3) is 0.111. The Hall–Kier alpha value is -3.00. The van der Waals surface area contributed by atoms with Crippen LogP contribution in [-0.2, 0) is 10.0 Å². The van der Waals surface area contributed by atoms with Crippen LogP contribution < -0.4 is 10.0 Å². The molecule has 0 atom stereocenters. The maximum atomic E-state index is 12.9. The highest BCUT2D eigenvalue weighted by atomic mass is 32.2. The standard InChI is InChI=1S/C18H17FN4O2S/c1-12-3-6-15(11-13(12)2)20-17-9-10-18(22-21-17)23-26(24,25)16-7-4-14(19)5-8-16/h3-11H,1-2H3,(H,20,21)(H,22,23). The van der Waals surface area contributed by atoms with Crippen molar-refractivity contribution in [1.82, 2.24) is 10.2 Å². The van der Waals surface area contributed by atoms with Gasteiger partial charge in [0.05, 0.1) is 4.90 Å². The summed E-state index contributed by atoms with van der Waals surface area (Å²) in [7, 11) is -3.85. The molecular weight excluding hydrogens is 355 g/mol. The van der Waals surface area contributed by atoms with Crippen molar-refractivity contribution in [2.45, 2.75) is 18.7 Å². The Bertz CT molecular complexity index is 1020. The van der Waals surface area contributed by atoms with Crippen LogP contribution in [0.4, 0.5) is 21.7 Å². The number of nitrogens with one attached hydrogen (secondary N) is 2. The van der Waals surface area contributed by atoms with Crippen LogP contribution in [-0.4, -0.2) is 18.6 Å². The van der Waals surface area contributed by atoms with Gasteiger partial charge >= 0.3 is 0 Å². The van der Waals surface area contributed by atoms with Crippen molar-refractivity contribution >= 4 is 27.3 Å². The number of sulfonamides is 1. The van der Waals surface area contributed by atoms with E-state index in [2.05, 4.69) is 20.2 Å². The Morgan fingerprint density at radius 1 is 0.846 bits per heavy atom. The number of nitrogens with zero attached hydrogens (tertiary/aromatic N) is 2. The first kappa shape index (κ1) is 17.8.